The van der Waals surface area contributed by atoms with E-state index in [1.807, 2.05) is 11.8 Å². The van der Waals surface area contributed by atoms with Crippen molar-refractivity contribution in [3.63, 3.8) is 0 Å². The van der Waals surface area contributed by atoms with Gasteiger partial charge >= 0.3 is 0 Å². The minimum atomic E-state index is 0.385. The molecule has 0 aromatic carbocycles. The van der Waals surface area contributed by atoms with E-state index >= 15 is 0 Å². The lowest BCUT2D eigenvalue weighted by Gasteiger charge is -2.20. The van der Waals surface area contributed by atoms with Crippen LogP contribution in [0.5, 0.6) is 0 Å². The Hall–Kier alpha value is -0.840. The molecule has 0 bridgehead atoms. The first-order chi connectivity index (χ1) is 9.19. The van der Waals surface area contributed by atoms with E-state index in [2.05, 4.69) is 28.8 Å². The highest BCUT2D eigenvalue weighted by atomic mass is 32.2. The van der Waals surface area contributed by atoms with E-state index in [1.165, 1.54) is 38.5 Å². The molecule has 0 radical (unpaired) electrons. The molecule has 0 amide bonds. The van der Waals surface area contributed by atoms with Crippen molar-refractivity contribution in [3.8, 4) is 0 Å². The summed E-state index contributed by atoms with van der Waals surface area (Å²) >= 11 is 1.89. The summed E-state index contributed by atoms with van der Waals surface area (Å²) in [6.07, 6.45) is 7.47. The first-order valence-electron chi connectivity index (χ1n) is 7.31. The van der Waals surface area contributed by atoms with Gasteiger partial charge in [-0.3, -0.25) is 0 Å². The molecule has 1 heterocycles. The maximum Gasteiger partial charge on any atom is 0.223 e. The van der Waals surface area contributed by atoms with Gasteiger partial charge in [0, 0.05) is 11.2 Å². The lowest BCUT2D eigenvalue weighted by molar-refractivity contribution is 0.427. The molecule has 0 spiro atoms. The molecule has 1 atom stereocenters. The Labute approximate surface area is 120 Å². The highest BCUT2D eigenvalue weighted by Crippen LogP contribution is 2.31. The van der Waals surface area contributed by atoms with E-state index in [4.69, 9.17) is 5.73 Å². The van der Waals surface area contributed by atoms with Gasteiger partial charge in [-0.25, -0.2) is 4.98 Å². The van der Waals surface area contributed by atoms with E-state index in [9.17, 15) is 0 Å². The summed E-state index contributed by atoms with van der Waals surface area (Å²) in [5.41, 5.74) is 5.83. The predicted octanol–water partition coefficient (Wildman–Crippen LogP) is 3.53. The zero-order valence-corrected chi connectivity index (χ0v) is 12.7. The molecule has 1 aliphatic rings. The van der Waals surface area contributed by atoms with Crippen LogP contribution < -0.4 is 5.73 Å². The lowest BCUT2D eigenvalue weighted by Crippen LogP contribution is -2.13. The fraction of sp³-hybridized carbons (Fsp3) is 0.786. The second-order valence-corrected chi connectivity index (χ2v) is 6.76. The lowest BCUT2D eigenvalue weighted by atomic mass is 9.89. The summed E-state index contributed by atoms with van der Waals surface area (Å²) in [7, 11) is 0. The van der Waals surface area contributed by atoms with Gasteiger partial charge in [-0.2, -0.15) is 21.7 Å². The predicted molar refractivity (Wildman–Crippen MR) is 81.1 cm³/mol. The van der Waals surface area contributed by atoms with Gasteiger partial charge in [-0.15, -0.1) is 0 Å². The van der Waals surface area contributed by atoms with Gasteiger partial charge in [0.25, 0.3) is 0 Å². The Bertz CT molecular complexity index is 404. The Kier molecular flexibility index (Phi) is 5.43. The second kappa shape index (κ2) is 7.08. The van der Waals surface area contributed by atoms with Crippen LogP contribution in [0, 0.1) is 0 Å². The standard InChI is InChI=1S/C14H24N4S/c1-3-10(2)19-9-12-16-13(18-14(15)17-12)11-7-5-4-6-8-11/h10-11H,3-9H2,1-2H3,(H2,15,16,17,18). The number of nitrogens with two attached hydrogens (primary N) is 1. The normalized spacial score (nSPS) is 18.4. The molecule has 2 N–H and O–H groups in total. The van der Waals surface area contributed by atoms with Crippen molar-refractivity contribution in [3.05, 3.63) is 11.6 Å². The third-order valence-electron chi connectivity index (χ3n) is 3.76. The highest BCUT2D eigenvalue weighted by Gasteiger charge is 2.19. The molecule has 1 unspecified atom stereocenters. The third-order valence-corrected chi connectivity index (χ3v) is 5.09. The Morgan fingerprint density at radius 1 is 1.21 bits per heavy atom. The molecule has 1 aliphatic carbocycles. The van der Waals surface area contributed by atoms with Gasteiger partial charge in [0.15, 0.2) is 0 Å². The van der Waals surface area contributed by atoms with Gasteiger partial charge in [0.1, 0.15) is 11.6 Å². The van der Waals surface area contributed by atoms with Gasteiger partial charge in [0.2, 0.25) is 5.95 Å². The summed E-state index contributed by atoms with van der Waals surface area (Å²) in [5, 5.41) is 0.635. The summed E-state index contributed by atoms with van der Waals surface area (Å²) in [4.78, 5) is 13.3. The van der Waals surface area contributed by atoms with Crippen LogP contribution in [0.3, 0.4) is 0 Å². The van der Waals surface area contributed by atoms with Crippen LogP contribution >= 0.6 is 11.8 Å². The number of anilines is 1. The van der Waals surface area contributed by atoms with Crippen molar-refractivity contribution < 1.29 is 0 Å². The average molecular weight is 280 g/mol. The zero-order chi connectivity index (χ0) is 13.7. The van der Waals surface area contributed by atoms with Crippen LogP contribution in [0.1, 0.15) is 69.9 Å². The van der Waals surface area contributed by atoms with E-state index in [-0.39, 0.29) is 0 Å². The minimum absolute atomic E-state index is 0.385. The molecular weight excluding hydrogens is 256 g/mol. The Morgan fingerprint density at radius 3 is 2.63 bits per heavy atom. The summed E-state index contributed by atoms with van der Waals surface area (Å²) in [6, 6.07) is 0. The average Bonchev–Trinajstić information content (AvgIpc) is 2.45. The van der Waals surface area contributed by atoms with Gasteiger partial charge in [-0.1, -0.05) is 33.1 Å². The maximum absolute atomic E-state index is 5.83. The van der Waals surface area contributed by atoms with Gasteiger partial charge in [-0.05, 0) is 19.3 Å². The molecule has 5 heteroatoms. The van der Waals surface area contributed by atoms with Gasteiger partial charge < -0.3 is 5.73 Å². The van der Waals surface area contributed by atoms with Crippen LogP contribution in [-0.2, 0) is 5.75 Å². The SMILES string of the molecule is CCC(C)SCc1nc(N)nc(C2CCCCC2)n1. The Morgan fingerprint density at radius 2 is 1.95 bits per heavy atom. The fourth-order valence-corrected chi connectivity index (χ4v) is 3.20. The molecule has 1 aromatic heterocycles. The number of rotatable bonds is 5. The number of hydrogen-bond acceptors (Lipinski definition) is 5. The Balaban J connectivity index is 2.05. The summed E-state index contributed by atoms with van der Waals surface area (Å²) in [5.74, 6) is 3.48. The van der Waals surface area contributed by atoms with Crippen molar-refractivity contribution in [2.45, 2.75) is 69.3 Å². The van der Waals surface area contributed by atoms with Gasteiger partial charge in [0.05, 0.1) is 5.75 Å². The number of hydrogen-bond donors (Lipinski definition) is 1. The maximum atomic E-state index is 5.83. The van der Waals surface area contributed by atoms with E-state index in [0.29, 0.717) is 17.1 Å². The number of thioether (sulfide) groups is 1. The van der Waals surface area contributed by atoms with Crippen molar-refractivity contribution in [1.82, 2.24) is 15.0 Å². The molecule has 0 saturated heterocycles. The molecule has 4 nitrogen and oxygen atoms in total. The largest absolute Gasteiger partial charge is 0.368 e. The van der Waals surface area contributed by atoms with Crippen molar-refractivity contribution in [1.29, 1.82) is 0 Å². The fourth-order valence-electron chi connectivity index (χ4n) is 2.40. The first-order valence-corrected chi connectivity index (χ1v) is 8.35. The van der Waals surface area contributed by atoms with Crippen LogP contribution in [0.2, 0.25) is 0 Å². The van der Waals surface area contributed by atoms with E-state index in [1.54, 1.807) is 0 Å². The molecule has 19 heavy (non-hydrogen) atoms. The quantitative estimate of drug-likeness (QED) is 0.893. The second-order valence-electron chi connectivity index (χ2n) is 5.33. The number of nitrogen functional groups attached to an aromatic ring is 1. The smallest absolute Gasteiger partial charge is 0.223 e. The van der Waals surface area contributed by atoms with E-state index < -0.39 is 0 Å². The molecular formula is C14H24N4S. The summed E-state index contributed by atoms with van der Waals surface area (Å²) < 4.78 is 0. The van der Waals surface area contributed by atoms with Crippen LogP contribution in [0.15, 0.2) is 0 Å². The molecule has 1 aromatic rings. The topological polar surface area (TPSA) is 64.7 Å². The monoisotopic (exact) mass is 280 g/mol. The zero-order valence-electron chi connectivity index (χ0n) is 11.9. The highest BCUT2D eigenvalue weighted by molar-refractivity contribution is 7.99. The minimum Gasteiger partial charge on any atom is -0.368 e. The van der Waals surface area contributed by atoms with Crippen molar-refractivity contribution in [2.24, 2.45) is 0 Å². The number of aromatic nitrogens is 3. The number of nitrogens with zero attached hydrogens (tertiary/aromatic N) is 3. The van der Waals surface area contributed by atoms with Crippen LogP contribution in [0.25, 0.3) is 0 Å². The van der Waals surface area contributed by atoms with Crippen molar-refractivity contribution >= 4 is 17.7 Å². The molecule has 106 valence electrons. The molecule has 2 rings (SSSR count). The van der Waals surface area contributed by atoms with Crippen molar-refractivity contribution in [2.75, 3.05) is 5.73 Å². The molecule has 1 saturated carbocycles. The van der Waals surface area contributed by atoms with E-state index in [0.717, 1.165) is 17.4 Å². The first kappa shape index (κ1) is 14.6. The van der Waals surface area contributed by atoms with Crippen LogP contribution in [-0.4, -0.2) is 20.2 Å². The van der Waals surface area contributed by atoms with Crippen LogP contribution in [0.4, 0.5) is 5.95 Å². The summed E-state index contributed by atoms with van der Waals surface area (Å²) in [6.45, 7) is 4.43. The third kappa shape index (κ3) is 4.34. The molecule has 0 aliphatic heterocycles. The molecule has 1 fully saturated rings.